The summed E-state index contributed by atoms with van der Waals surface area (Å²) in [5.41, 5.74) is 7.80. The molecule has 0 spiro atoms. The summed E-state index contributed by atoms with van der Waals surface area (Å²) in [5.74, 6) is 0.334. The largest absolute Gasteiger partial charge is 0.368 e. The van der Waals surface area contributed by atoms with Gasteiger partial charge in [-0.25, -0.2) is 4.98 Å². The van der Waals surface area contributed by atoms with Gasteiger partial charge in [0.25, 0.3) is 0 Å². The zero-order valence-corrected chi connectivity index (χ0v) is 12.0. The number of anilines is 1. The predicted octanol–water partition coefficient (Wildman–Crippen LogP) is 2.68. The van der Waals surface area contributed by atoms with Crippen LogP contribution in [0, 0.1) is 10.6 Å². The van der Waals surface area contributed by atoms with Gasteiger partial charge in [0.05, 0.1) is 5.39 Å². The maximum Gasteiger partial charge on any atom is 0.223 e. The third kappa shape index (κ3) is 1.77. The van der Waals surface area contributed by atoms with Gasteiger partial charge < -0.3 is 10.3 Å². The third-order valence-electron chi connectivity index (χ3n) is 2.48. The highest BCUT2D eigenvalue weighted by Gasteiger charge is 2.20. The second-order valence-corrected chi connectivity index (χ2v) is 5.92. The summed E-state index contributed by atoms with van der Waals surface area (Å²) in [6, 6.07) is 2.11. The summed E-state index contributed by atoms with van der Waals surface area (Å²) < 4.78 is 3.11. The van der Waals surface area contributed by atoms with Crippen LogP contribution in [-0.2, 0) is 5.54 Å². The summed E-state index contributed by atoms with van der Waals surface area (Å²) in [6.45, 7) is 8.55. The van der Waals surface area contributed by atoms with Crippen molar-refractivity contribution < 1.29 is 0 Å². The van der Waals surface area contributed by atoms with Crippen molar-refractivity contribution in [2.75, 3.05) is 5.73 Å². The topological polar surface area (TPSA) is 56.7 Å². The summed E-state index contributed by atoms with van der Waals surface area (Å²) in [5, 5.41) is 1.07. The quantitative estimate of drug-likeness (QED) is 0.597. The fraction of sp³-hybridized carbons (Fsp3) is 0.455. The van der Waals surface area contributed by atoms with Crippen molar-refractivity contribution in [3.05, 3.63) is 15.5 Å². The maximum atomic E-state index is 5.71. The van der Waals surface area contributed by atoms with Crippen molar-refractivity contribution >= 4 is 39.6 Å². The number of aromatic nitrogens is 3. The van der Waals surface area contributed by atoms with Crippen LogP contribution in [-0.4, -0.2) is 14.5 Å². The van der Waals surface area contributed by atoms with Gasteiger partial charge in [-0.1, -0.05) is 0 Å². The van der Waals surface area contributed by atoms with Gasteiger partial charge in [0.15, 0.2) is 0 Å². The molecule has 2 rings (SSSR count). The van der Waals surface area contributed by atoms with E-state index in [-0.39, 0.29) is 5.54 Å². The Kier molecular flexibility index (Phi) is 2.60. The number of rotatable bonds is 0. The van der Waals surface area contributed by atoms with E-state index in [9.17, 15) is 0 Å². The minimum absolute atomic E-state index is 0.00426. The first-order chi connectivity index (χ1) is 7.30. The van der Waals surface area contributed by atoms with Crippen LogP contribution in [0.3, 0.4) is 0 Å². The average Bonchev–Trinajstić information content (AvgIpc) is 2.40. The van der Waals surface area contributed by atoms with E-state index in [2.05, 4.69) is 70.9 Å². The van der Waals surface area contributed by atoms with Crippen LogP contribution >= 0.6 is 22.6 Å². The molecule has 5 heteroatoms. The van der Waals surface area contributed by atoms with E-state index >= 15 is 0 Å². The van der Waals surface area contributed by atoms with Gasteiger partial charge in [0.2, 0.25) is 5.95 Å². The number of nitrogen functional groups attached to an aromatic ring is 1. The van der Waals surface area contributed by atoms with Gasteiger partial charge in [-0.2, -0.15) is 4.98 Å². The molecule has 2 N–H and O–H groups in total. The van der Waals surface area contributed by atoms with E-state index < -0.39 is 0 Å². The van der Waals surface area contributed by atoms with Gasteiger partial charge in [-0.3, -0.25) is 0 Å². The van der Waals surface area contributed by atoms with Crippen LogP contribution in [0.5, 0.6) is 0 Å². The lowest BCUT2D eigenvalue weighted by Crippen LogP contribution is -2.23. The molecule has 4 nitrogen and oxygen atoms in total. The van der Waals surface area contributed by atoms with Gasteiger partial charge in [0.1, 0.15) is 9.35 Å². The van der Waals surface area contributed by atoms with Crippen LogP contribution in [0.2, 0.25) is 0 Å². The standard InChI is InChI=1S/C11H15IN4/c1-6-5-7-8(12)14-10(13)15-9(7)16(6)11(2,3)4/h5H,1-4H3,(H2,13,14,15). The lowest BCUT2D eigenvalue weighted by atomic mass is 10.1. The van der Waals surface area contributed by atoms with Crippen molar-refractivity contribution in [2.24, 2.45) is 0 Å². The number of halogens is 1. The van der Waals surface area contributed by atoms with Crippen molar-refractivity contribution in [1.82, 2.24) is 14.5 Å². The summed E-state index contributed by atoms with van der Waals surface area (Å²) in [7, 11) is 0. The Bertz CT molecular complexity index is 551. The fourth-order valence-electron chi connectivity index (χ4n) is 2.03. The van der Waals surface area contributed by atoms with Crippen LogP contribution < -0.4 is 5.73 Å². The molecule has 0 saturated heterocycles. The number of nitrogens with two attached hydrogens (primary N) is 1. The molecule has 0 radical (unpaired) electrons. The summed E-state index contributed by atoms with van der Waals surface area (Å²) >= 11 is 2.20. The third-order valence-corrected chi connectivity index (χ3v) is 3.31. The Morgan fingerprint density at radius 1 is 1.31 bits per heavy atom. The SMILES string of the molecule is Cc1cc2c(I)nc(N)nc2n1C(C)(C)C. The fourth-order valence-corrected chi connectivity index (χ4v) is 2.67. The molecule has 2 aromatic heterocycles. The first-order valence-electron chi connectivity index (χ1n) is 5.12. The second-order valence-electron chi connectivity index (χ2n) is 4.90. The van der Waals surface area contributed by atoms with E-state index in [0.717, 1.165) is 14.7 Å². The average molecular weight is 330 g/mol. The van der Waals surface area contributed by atoms with Crippen molar-refractivity contribution in [2.45, 2.75) is 33.2 Å². The molecule has 0 bridgehead atoms. The Labute approximate surface area is 108 Å². The molecule has 0 atom stereocenters. The van der Waals surface area contributed by atoms with Crippen LogP contribution in [0.4, 0.5) is 5.95 Å². The van der Waals surface area contributed by atoms with Crippen molar-refractivity contribution in [3.63, 3.8) is 0 Å². The van der Waals surface area contributed by atoms with E-state index in [1.807, 2.05) is 0 Å². The number of aryl methyl sites for hydroxylation is 1. The highest BCUT2D eigenvalue weighted by Crippen LogP contribution is 2.28. The zero-order chi connectivity index (χ0) is 12.1. The van der Waals surface area contributed by atoms with E-state index in [0.29, 0.717) is 5.95 Å². The first-order valence-corrected chi connectivity index (χ1v) is 6.20. The smallest absolute Gasteiger partial charge is 0.223 e. The molecule has 16 heavy (non-hydrogen) atoms. The molecule has 0 aliphatic heterocycles. The van der Waals surface area contributed by atoms with E-state index in [1.165, 1.54) is 5.69 Å². The van der Waals surface area contributed by atoms with Crippen LogP contribution in [0.15, 0.2) is 6.07 Å². The Morgan fingerprint density at radius 2 is 1.94 bits per heavy atom. The van der Waals surface area contributed by atoms with Gasteiger partial charge in [-0.15, -0.1) is 0 Å². The Morgan fingerprint density at radius 3 is 2.50 bits per heavy atom. The molecule has 2 heterocycles. The molecular formula is C11H15IN4. The van der Waals surface area contributed by atoms with Crippen molar-refractivity contribution in [3.8, 4) is 0 Å². The molecule has 0 saturated carbocycles. The molecule has 0 aliphatic carbocycles. The molecule has 86 valence electrons. The van der Waals surface area contributed by atoms with Crippen LogP contribution in [0.25, 0.3) is 11.0 Å². The highest BCUT2D eigenvalue weighted by atomic mass is 127. The first kappa shape index (κ1) is 11.6. The minimum Gasteiger partial charge on any atom is -0.368 e. The Balaban J connectivity index is 2.89. The normalized spacial score (nSPS) is 12.3. The number of fused-ring (bicyclic) bond motifs is 1. The van der Waals surface area contributed by atoms with Crippen LogP contribution in [0.1, 0.15) is 26.5 Å². The second kappa shape index (κ2) is 3.58. The molecule has 0 aromatic carbocycles. The summed E-state index contributed by atoms with van der Waals surface area (Å²) in [6.07, 6.45) is 0. The number of hydrogen-bond acceptors (Lipinski definition) is 3. The van der Waals surface area contributed by atoms with E-state index in [4.69, 9.17) is 5.73 Å². The molecular weight excluding hydrogens is 315 g/mol. The lowest BCUT2D eigenvalue weighted by molar-refractivity contribution is 0.401. The summed E-state index contributed by atoms with van der Waals surface area (Å²) in [4.78, 5) is 8.53. The Hall–Kier alpha value is -0.850. The zero-order valence-electron chi connectivity index (χ0n) is 9.87. The highest BCUT2D eigenvalue weighted by molar-refractivity contribution is 14.1. The van der Waals surface area contributed by atoms with Gasteiger partial charge in [0, 0.05) is 11.2 Å². The predicted molar refractivity (Wildman–Crippen MR) is 74.4 cm³/mol. The molecule has 0 unspecified atom stereocenters. The lowest BCUT2D eigenvalue weighted by Gasteiger charge is -2.24. The monoisotopic (exact) mass is 330 g/mol. The van der Waals surface area contributed by atoms with Gasteiger partial charge >= 0.3 is 0 Å². The van der Waals surface area contributed by atoms with Crippen molar-refractivity contribution in [1.29, 1.82) is 0 Å². The number of nitrogens with zero attached hydrogens (tertiary/aromatic N) is 3. The maximum absolute atomic E-state index is 5.71. The minimum atomic E-state index is -0.00426. The molecule has 2 aromatic rings. The van der Waals surface area contributed by atoms with E-state index in [1.54, 1.807) is 0 Å². The molecule has 0 amide bonds. The van der Waals surface area contributed by atoms with Gasteiger partial charge in [-0.05, 0) is 56.4 Å². The molecule has 0 fully saturated rings. The number of hydrogen-bond donors (Lipinski definition) is 1. The molecule has 0 aliphatic rings.